The molecule has 1 saturated heterocycles. The molecule has 0 aromatic heterocycles. The molecule has 0 spiro atoms. The minimum atomic E-state index is -0.372. The predicted molar refractivity (Wildman–Crippen MR) is 83.4 cm³/mol. The Morgan fingerprint density at radius 2 is 1.80 bits per heavy atom. The van der Waals surface area contributed by atoms with Crippen molar-refractivity contribution in [1.29, 1.82) is 5.26 Å². The number of likely N-dealkylation sites (tertiary alicyclic amines) is 1. The molecule has 1 heterocycles. The maximum absolute atomic E-state index is 9.50. The lowest BCUT2D eigenvalue weighted by atomic mass is 9.77. The van der Waals surface area contributed by atoms with Crippen molar-refractivity contribution < 1.29 is 0 Å². The molecule has 2 fully saturated rings. The summed E-state index contributed by atoms with van der Waals surface area (Å²) in [6.45, 7) is 12.3. The van der Waals surface area contributed by atoms with Crippen molar-refractivity contribution in [2.45, 2.75) is 71.4 Å². The number of hydrogen-bond acceptors (Lipinski definition) is 3. The van der Waals surface area contributed by atoms with E-state index in [0.717, 1.165) is 25.6 Å². The van der Waals surface area contributed by atoms with Crippen LogP contribution in [0.3, 0.4) is 0 Å². The lowest BCUT2D eigenvalue weighted by Crippen LogP contribution is -2.51. The quantitative estimate of drug-likeness (QED) is 0.858. The minimum absolute atomic E-state index is 0.372. The van der Waals surface area contributed by atoms with E-state index in [-0.39, 0.29) is 5.54 Å². The molecule has 2 unspecified atom stereocenters. The first-order chi connectivity index (χ1) is 9.32. The summed E-state index contributed by atoms with van der Waals surface area (Å²) < 4.78 is 0. The molecule has 2 aliphatic rings. The second kappa shape index (κ2) is 6.03. The third kappa shape index (κ3) is 4.46. The van der Waals surface area contributed by atoms with Crippen molar-refractivity contribution in [3.63, 3.8) is 0 Å². The molecular weight excluding hydrogens is 246 g/mol. The van der Waals surface area contributed by atoms with E-state index >= 15 is 0 Å². The highest BCUT2D eigenvalue weighted by molar-refractivity contribution is 5.09. The Hall–Kier alpha value is -0.590. The monoisotopic (exact) mass is 277 g/mol. The average Bonchev–Trinajstić information content (AvgIpc) is 3.15. The Morgan fingerprint density at radius 3 is 2.35 bits per heavy atom. The fourth-order valence-electron chi connectivity index (χ4n) is 3.42. The van der Waals surface area contributed by atoms with Crippen molar-refractivity contribution in [3.05, 3.63) is 0 Å². The van der Waals surface area contributed by atoms with Crippen molar-refractivity contribution >= 4 is 0 Å². The smallest absolute Gasteiger partial charge is 0.116 e. The number of hydrogen-bond donors (Lipinski definition) is 1. The summed E-state index contributed by atoms with van der Waals surface area (Å²) in [7, 11) is 0. The van der Waals surface area contributed by atoms with Crippen LogP contribution in [0.25, 0.3) is 0 Å². The third-order valence-electron chi connectivity index (χ3n) is 4.93. The fourth-order valence-corrected chi connectivity index (χ4v) is 3.42. The van der Waals surface area contributed by atoms with Crippen LogP contribution in [0.5, 0.6) is 0 Å². The molecule has 2 rings (SSSR count). The van der Waals surface area contributed by atoms with Gasteiger partial charge in [-0.1, -0.05) is 20.8 Å². The van der Waals surface area contributed by atoms with Crippen LogP contribution in [0, 0.1) is 22.7 Å². The van der Waals surface area contributed by atoms with Gasteiger partial charge in [-0.3, -0.25) is 5.32 Å². The molecule has 0 aromatic carbocycles. The van der Waals surface area contributed by atoms with E-state index in [9.17, 15) is 5.26 Å². The highest BCUT2D eigenvalue weighted by atomic mass is 15.2. The molecule has 0 aromatic rings. The first kappa shape index (κ1) is 15.8. The number of nitrogens with one attached hydrogen (secondary N) is 1. The first-order valence-electron chi connectivity index (χ1n) is 8.24. The fraction of sp³-hybridized carbons (Fsp3) is 0.941. The van der Waals surface area contributed by atoms with E-state index in [1.807, 2.05) is 0 Å². The summed E-state index contributed by atoms with van der Waals surface area (Å²) in [5, 5.41) is 13.0. The van der Waals surface area contributed by atoms with E-state index in [1.165, 1.54) is 32.1 Å². The Morgan fingerprint density at radius 1 is 1.10 bits per heavy atom. The Labute approximate surface area is 124 Å². The summed E-state index contributed by atoms with van der Waals surface area (Å²) >= 11 is 0. The summed E-state index contributed by atoms with van der Waals surface area (Å²) in [6.07, 6.45) is 6.35. The molecular formula is C17H31N3. The highest BCUT2D eigenvalue weighted by Gasteiger charge is 2.35. The van der Waals surface area contributed by atoms with Gasteiger partial charge in [0.1, 0.15) is 5.54 Å². The number of nitrogens with zero attached hydrogens (tertiary/aromatic N) is 2. The van der Waals surface area contributed by atoms with Crippen molar-refractivity contribution in [2.24, 2.45) is 11.3 Å². The zero-order valence-electron chi connectivity index (χ0n) is 13.7. The first-order valence-corrected chi connectivity index (χ1v) is 8.24. The zero-order valence-corrected chi connectivity index (χ0v) is 13.7. The molecule has 114 valence electrons. The van der Waals surface area contributed by atoms with Crippen LogP contribution in [0.4, 0.5) is 0 Å². The van der Waals surface area contributed by atoms with Crippen LogP contribution in [0.15, 0.2) is 0 Å². The molecule has 3 nitrogen and oxygen atoms in total. The van der Waals surface area contributed by atoms with Crippen LogP contribution in [-0.2, 0) is 0 Å². The zero-order chi connectivity index (χ0) is 14.8. The average molecular weight is 277 g/mol. The summed E-state index contributed by atoms with van der Waals surface area (Å²) in [5.74, 6) is 0.817. The molecule has 2 atom stereocenters. The van der Waals surface area contributed by atoms with Crippen LogP contribution >= 0.6 is 0 Å². The summed E-state index contributed by atoms with van der Waals surface area (Å²) in [4.78, 5) is 2.50. The van der Waals surface area contributed by atoms with Gasteiger partial charge in [-0.15, -0.1) is 0 Å². The minimum Gasteiger partial charge on any atom is -0.300 e. The molecule has 1 aliphatic heterocycles. The molecule has 20 heavy (non-hydrogen) atoms. The second-order valence-corrected chi connectivity index (χ2v) is 8.13. The molecule has 1 N–H and O–H groups in total. The van der Waals surface area contributed by atoms with E-state index in [2.05, 4.69) is 44.0 Å². The largest absolute Gasteiger partial charge is 0.300 e. The van der Waals surface area contributed by atoms with Gasteiger partial charge in [-0.05, 0) is 63.5 Å². The van der Waals surface area contributed by atoms with Gasteiger partial charge in [0.05, 0.1) is 6.07 Å². The van der Waals surface area contributed by atoms with Crippen molar-refractivity contribution in [2.75, 3.05) is 19.6 Å². The second-order valence-electron chi connectivity index (χ2n) is 8.13. The van der Waals surface area contributed by atoms with E-state index in [1.54, 1.807) is 0 Å². The van der Waals surface area contributed by atoms with Crippen LogP contribution in [0.2, 0.25) is 0 Å². The Bertz CT molecular complexity index is 361. The molecule has 0 bridgehead atoms. The van der Waals surface area contributed by atoms with Gasteiger partial charge in [0.15, 0.2) is 0 Å². The van der Waals surface area contributed by atoms with Gasteiger partial charge in [0, 0.05) is 12.6 Å². The third-order valence-corrected chi connectivity index (χ3v) is 4.93. The van der Waals surface area contributed by atoms with Crippen LogP contribution < -0.4 is 5.32 Å². The van der Waals surface area contributed by atoms with Gasteiger partial charge >= 0.3 is 0 Å². The van der Waals surface area contributed by atoms with Gasteiger partial charge in [0.2, 0.25) is 0 Å². The highest BCUT2D eigenvalue weighted by Crippen LogP contribution is 2.34. The normalized spacial score (nSPS) is 28.4. The maximum atomic E-state index is 9.50. The molecule has 1 saturated carbocycles. The SMILES string of the molecule is CC(C#N)(CN1CCCC(C(C)(C)C)CC1)NC1CC1. The Balaban J connectivity index is 1.88. The van der Waals surface area contributed by atoms with Crippen molar-refractivity contribution in [3.8, 4) is 6.07 Å². The van der Waals surface area contributed by atoms with Gasteiger partial charge in [-0.2, -0.15) is 5.26 Å². The predicted octanol–water partition coefficient (Wildman–Crippen LogP) is 3.17. The van der Waals surface area contributed by atoms with E-state index in [0.29, 0.717) is 11.5 Å². The van der Waals surface area contributed by atoms with Crippen LogP contribution in [-0.4, -0.2) is 36.1 Å². The van der Waals surface area contributed by atoms with Gasteiger partial charge in [-0.25, -0.2) is 0 Å². The lowest BCUT2D eigenvalue weighted by Gasteiger charge is -2.32. The Kier molecular flexibility index (Phi) is 4.76. The summed E-state index contributed by atoms with van der Waals surface area (Å²) in [5.41, 5.74) is 0.0452. The molecule has 0 amide bonds. The van der Waals surface area contributed by atoms with E-state index in [4.69, 9.17) is 0 Å². The van der Waals surface area contributed by atoms with Crippen molar-refractivity contribution in [1.82, 2.24) is 10.2 Å². The standard InChI is InChI=1S/C17H31N3/c1-16(2,3)14-6-5-10-20(11-9-14)13-17(4,12-18)19-15-7-8-15/h14-15,19H,5-11,13H2,1-4H3. The molecule has 1 aliphatic carbocycles. The maximum Gasteiger partial charge on any atom is 0.116 e. The van der Waals surface area contributed by atoms with Gasteiger partial charge in [0.25, 0.3) is 0 Å². The topological polar surface area (TPSA) is 39.1 Å². The van der Waals surface area contributed by atoms with Crippen LogP contribution in [0.1, 0.15) is 59.8 Å². The van der Waals surface area contributed by atoms with Gasteiger partial charge < -0.3 is 4.90 Å². The number of nitriles is 1. The summed E-state index contributed by atoms with van der Waals surface area (Å²) in [6, 6.07) is 3.10. The molecule has 3 heteroatoms. The lowest BCUT2D eigenvalue weighted by molar-refractivity contribution is 0.195. The van der Waals surface area contributed by atoms with E-state index < -0.39 is 0 Å². The number of rotatable bonds is 4. The molecule has 0 radical (unpaired) electrons.